The van der Waals surface area contributed by atoms with E-state index in [1.165, 1.54) is 6.26 Å². The summed E-state index contributed by atoms with van der Waals surface area (Å²) < 4.78 is 23.0. The lowest BCUT2D eigenvalue weighted by Gasteiger charge is -2.16. The van der Waals surface area contributed by atoms with E-state index in [-0.39, 0.29) is 16.8 Å². The number of aryl methyl sites for hydroxylation is 1. The normalized spacial score (nSPS) is 12.7. The van der Waals surface area contributed by atoms with E-state index in [0.717, 1.165) is 16.7 Å². The van der Waals surface area contributed by atoms with Crippen LogP contribution in [0, 0.1) is 13.8 Å². The van der Waals surface area contributed by atoms with Crippen molar-refractivity contribution in [3.05, 3.63) is 64.7 Å². The largest absolute Gasteiger partial charge is 0.346 e. The number of carbonyl (C=O) groups excluding carboxylic acids is 1. The quantitative estimate of drug-likeness (QED) is 0.936. The summed E-state index contributed by atoms with van der Waals surface area (Å²) in [4.78, 5) is 12.7. The number of rotatable bonds is 4. The van der Waals surface area contributed by atoms with Crippen LogP contribution in [-0.2, 0) is 9.84 Å². The Hall–Kier alpha value is -2.14. The monoisotopic (exact) mass is 331 g/mol. The van der Waals surface area contributed by atoms with E-state index in [2.05, 4.69) is 5.32 Å². The molecule has 0 aromatic heterocycles. The molecule has 0 saturated heterocycles. The Labute approximate surface area is 137 Å². The van der Waals surface area contributed by atoms with Gasteiger partial charge in [0.05, 0.1) is 10.9 Å². The Bertz CT molecular complexity index is 824. The Morgan fingerprint density at radius 1 is 1.04 bits per heavy atom. The minimum atomic E-state index is -3.21. The smallest absolute Gasteiger partial charge is 0.252 e. The van der Waals surface area contributed by atoms with Gasteiger partial charge in [0, 0.05) is 11.8 Å². The van der Waals surface area contributed by atoms with E-state index < -0.39 is 9.84 Å². The topological polar surface area (TPSA) is 63.2 Å². The lowest BCUT2D eigenvalue weighted by atomic mass is 10.0. The minimum absolute atomic E-state index is 0.133. The molecule has 4 nitrogen and oxygen atoms in total. The van der Waals surface area contributed by atoms with Gasteiger partial charge in [0.15, 0.2) is 9.84 Å². The van der Waals surface area contributed by atoms with Crippen molar-refractivity contribution < 1.29 is 13.2 Å². The second-order valence-electron chi connectivity index (χ2n) is 5.78. The summed E-state index contributed by atoms with van der Waals surface area (Å²) in [6, 6.07) is 12.0. The van der Waals surface area contributed by atoms with Crippen molar-refractivity contribution in [1.82, 2.24) is 5.32 Å². The van der Waals surface area contributed by atoms with Crippen LogP contribution in [-0.4, -0.2) is 20.6 Å². The van der Waals surface area contributed by atoms with Crippen LogP contribution < -0.4 is 5.32 Å². The van der Waals surface area contributed by atoms with Gasteiger partial charge in [-0.15, -0.1) is 0 Å². The highest BCUT2D eigenvalue weighted by Gasteiger charge is 2.15. The van der Waals surface area contributed by atoms with Crippen LogP contribution in [0.1, 0.15) is 40.0 Å². The molecule has 1 N–H and O–H groups in total. The molecular weight excluding hydrogens is 310 g/mol. The van der Waals surface area contributed by atoms with Crippen LogP contribution in [0.5, 0.6) is 0 Å². The number of amides is 1. The van der Waals surface area contributed by atoms with Crippen molar-refractivity contribution in [3.8, 4) is 0 Å². The van der Waals surface area contributed by atoms with E-state index in [1.54, 1.807) is 30.3 Å². The van der Waals surface area contributed by atoms with Crippen LogP contribution in [0.4, 0.5) is 0 Å². The first-order chi connectivity index (χ1) is 10.7. The zero-order valence-corrected chi connectivity index (χ0v) is 14.6. The van der Waals surface area contributed by atoms with E-state index in [4.69, 9.17) is 0 Å². The third-order valence-corrected chi connectivity index (χ3v) is 5.13. The summed E-state index contributed by atoms with van der Waals surface area (Å²) in [5, 5.41) is 2.95. The van der Waals surface area contributed by atoms with Crippen molar-refractivity contribution in [2.75, 3.05) is 6.26 Å². The van der Waals surface area contributed by atoms with Gasteiger partial charge in [-0.2, -0.15) is 0 Å². The first-order valence-corrected chi connectivity index (χ1v) is 9.26. The summed E-state index contributed by atoms with van der Waals surface area (Å²) in [5.41, 5.74) is 3.55. The molecule has 0 bridgehead atoms. The van der Waals surface area contributed by atoms with E-state index in [0.29, 0.717) is 5.56 Å². The molecule has 1 atom stereocenters. The maximum Gasteiger partial charge on any atom is 0.252 e. The molecule has 1 amide bonds. The molecule has 122 valence electrons. The average Bonchev–Trinajstić information content (AvgIpc) is 2.49. The number of benzene rings is 2. The van der Waals surface area contributed by atoms with Gasteiger partial charge in [0.2, 0.25) is 0 Å². The molecule has 2 aromatic rings. The number of carbonyl (C=O) groups is 1. The highest BCUT2D eigenvalue weighted by atomic mass is 32.2. The number of nitrogens with one attached hydrogen (secondary N) is 1. The maximum atomic E-state index is 12.4. The van der Waals surface area contributed by atoms with E-state index in [9.17, 15) is 13.2 Å². The Balaban J connectivity index is 2.17. The van der Waals surface area contributed by atoms with E-state index in [1.807, 2.05) is 32.9 Å². The van der Waals surface area contributed by atoms with Crippen molar-refractivity contribution >= 4 is 15.7 Å². The average molecular weight is 331 g/mol. The molecular formula is C18H21NO3S. The predicted octanol–water partition coefficient (Wildman–Crippen LogP) is 3.20. The highest BCUT2D eigenvalue weighted by Crippen LogP contribution is 2.18. The van der Waals surface area contributed by atoms with Crippen LogP contribution >= 0.6 is 0 Å². The van der Waals surface area contributed by atoms with Crippen molar-refractivity contribution in [3.63, 3.8) is 0 Å². The molecule has 23 heavy (non-hydrogen) atoms. The Kier molecular flexibility index (Phi) is 4.90. The SMILES string of the molecule is Cc1cccc(C(=O)NC(C)c2ccc(S(C)(=O)=O)cc2)c1C. The summed E-state index contributed by atoms with van der Waals surface area (Å²) in [6.45, 7) is 5.77. The standard InChI is InChI=1S/C18H21NO3S/c1-12-6-5-7-17(13(12)2)18(20)19-14(3)15-8-10-16(11-9-15)23(4,21)22/h5-11,14H,1-4H3,(H,19,20). The molecule has 2 rings (SSSR count). The summed E-state index contributed by atoms with van der Waals surface area (Å²) >= 11 is 0. The van der Waals surface area contributed by atoms with Gasteiger partial charge >= 0.3 is 0 Å². The fraction of sp³-hybridized carbons (Fsp3) is 0.278. The second-order valence-corrected chi connectivity index (χ2v) is 7.80. The van der Waals surface area contributed by atoms with Crippen LogP contribution in [0.2, 0.25) is 0 Å². The Morgan fingerprint density at radius 3 is 2.22 bits per heavy atom. The van der Waals surface area contributed by atoms with Crippen LogP contribution in [0.15, 0.2) is 47.4 Å². The van der Waals surface area contributed by atoms with Crippen molar-refractivity contribution in [2.45, 2.75) is 31.7 Å². The zero-order chi connectivity index (χ0) is 17.2. The number of sulfone groups is 1. The highest BCUT2D eigenvalue weighted by molar-refractivity contribution is 7.90. The maximum absolute atomic E-state index is 12.4. The van der Waals surface area contributed by atoms with Gasteiger partial charge in [0.1, 0.15) is 0 Å². The summed E-state index contributed by atoms with van der Waals surface area (Å²) in [5.74, 6) is -0.133. The molecule has 0 radical (unpaired) electrons. The van der Waals surface area contributed by atoms with Crippen molar-refractivity contribution in [1.29, 1.82) is 0 Å². The molecule has 0 spiro atoms. The molecule has 0 aliphatic rings. The predicted molar refractivity (Wildman–Crippen MR) is 91.3 cm³/mol. The number of hydrogen-bond acceptors (Lipinski definition) is 3. The third-order valence-electron chi connectivity index (χ3n) is 4.01. The Morgan fingerprint density at radius 2 is 1.65 bits per heavy atom. The molecule has 0 fully saturated rings. The molecule has 0 aliphatic heterocycles. The van der Waals surface area contributed by atoms with E-state index >= 15 is 0 Å². The first kappa shape index (κ1) is 17.2. The molecule has 1 unspecified atom stereocenters. The first-order valence-electron chi connectivity index (χ1n) is 7.37. The van der Waals surface area contributed by atoms with Gasteiger partial charge < -0.3 is 5.32 Å². The van der Waals surface area contributed by atoms with Gasteiger partial charge in [-0.25, -0.2) is 8.42 Å². The summed E-state index contributed by atoms with van der Waals surface area (Å²) in [6.07, 6.45) is 1.17. The summed E-state index contributed by atoms with van der Waals surface area (Å²) in [7, 11) is -3.21. The van der Waals surface area contributed by atoms with Gasteiger partial charge in [-0.1, -0.05) is 24.3 Å². The second kappa shape index (κ2) is 6.54. The van der Waals surface area contributed by atoms with Crippen LogP contribution in [0.3, 0.4) is 0 Å². The van der Waals surface area contributed by atoms with Gasteiger partial charge in [-0.3, -0.25) is 4.79 Å². The lowest BCUT2D eigenvalue weighted by Crippen LogP contribution is -2.27. The molecule has 0 heterocycles. The molecule has 0 aliphatic carbocycles. The number of hydrogen-bond donors (Lipinski definition) is 1. The minimum Gasteiger partial charge on any atom is -0.346 e. The molecule has 5 heteroatoms. The fourth-order valence-electron chi connectivity index (χ4n) is 2.36. The van der Waals surface area contributed by atoms with Crippen LogP contribution in [0.25, 0.3) is 0 Å². The molecule has 0 saturated carbocycles. The van der Waals surface area contributed by atoms with Gasteiger partial charge in [-0.05, 0) is 55.7 Å². The molecule has 2 aromatic carbocycles. The third kappa shape index (κ3) is 3.99. The zero-order valence-electron chi connectivity index (χ0n) is 13.8. The lowest BCUT2D eigenvalue weighted by molar-refractivity contribution is 0.0939. The fourth-order valence-corrected chi connectivity index (χ4v) is 2.99. The van der Waals surface area contributed by atoms with Gasteiger partial charge in [0.25, 0.3) is 5.91 Å². The van der Waals surface area contributed by atoms with Crippen molar-refractivity contribution in [2.24, 2.45) is 0 Å².